The Morgan fingerprint density at radius 1 is 0.615 bits per heavy atom. The van der Waals surface area contributed by atoms with E-state index >= 15 is 0 Å². The highest BCUT2D eigenvalue weighted by Gasteiger charge is 2.84. The third-order valence-electron chi connectivity index (χ3n) is 11.4. The highest BCUT2D eigenvalue weighted by Crippen LogP contribution is 2.72. The SMILES string of the molecule is CCOC(=O)C1(C(=O)OCC)C[C@H]2CC(=O)c3cc(Cl)ccc3[C@@]23O[C@@H]13.CCOC(=O)C1(C(=O)OCC)C[C@H]2CC(=O)c3cc(Cl)ccc3[C@@]23O[C@@H]13. The van der Waals surface area contributed by atoms with E-state index in [1.54, 1.807) is 64.1 Å². The Labute approximate surface area is 309 Å². The first-order valence-corrected chi connectivity index (χ1v) is 18.3. The molecule has 4 fully saturated rings. The van der Waals surface area contributed by atoms with Gasteiger partial charge in [-0.25, -0.2) is 0 Å². The molecule has 0 unspecified atom stereocenters. The quantitative estimate of drug-likeness (QED) is 0.148. The molecule has 6 atom stereocenters. The van der Waals surface area contributed by atoms with Gasteiger partial charge in [0.15, 0.2) is 22.4 Å². The van der Waals surface area contributed by atoms with Crippen molar-refractivity contribution in [1.82, 2.24) is 0 Å². The molecule has 276 valence electrons. The minimum absolute atomic E-state index is 0.0594. The molecule has 52 heavy (non-hydrogen) atoms. The Morgan fingerprint density at radius 3 is 1.25 bits per heavy atom. The number of epoxide rings is 2. The number of benzene rings is 2. The van der Waals surface area contributed by atoms with Crippen molar-refractivity contribution in [1.29, 1.82) is 0 Å². The molecule has 2 aliphatic heterocycles. The normalized spacial score (nSPS) is 30.0. The molecule has 0 bridgehead atoms. The predicted octanol–water partition coefficient (Wildman–Crippen LogP) is 5.31. The van der Waals surface area contributed by atoms with Crippen molar-refractivity contribution in [3.05, 3.63) is 68.7 Å². The Morgan fingerprint density at radius 2 is 0.942 bits per heavy atom. The van der Waals surface area contributed by atoms with Gasteiger partial charge in [-0.15, -0.1) is 0 Å². The zero-order valence-corrected chi connectivity index (χ0v) is 30.6. The molecule has 2 spiro atoms. The average Bonchev–Trinajstić information content (AvgIpc) is 3.99. The molecule has 2 heterocycles. The largest absolute Gasteiger partial charge is 0.465 e. The second-order valence-electron chi connectivity index (χ2n) is 13.8. The second-order valence-corrected chi connectivity index (χ2v) is 14.7. The van der Waals surface area contributed by atoms with Crippen LogP contribution in [0.4, 0.5) is 0 Å². The van der Waals surface area contributed by atoms with Crippen molar-refractivity contribution in [2.45, 2.75) is 76.8 Å². The molecule has 2 aromatic rings. The number of ketones is 2. The molecule has 6 aliphatic rings. The first-order chi connectivity index (χ1) is 24.8. The fourth-order valence-corrected chi connectivity index (χ4v) is 9.62. The maximum atomic E-state index is 12.8. The van der Waals surface area contributed by atoms with E-state index in [0.29, 0.717) is 32.3 Å². The molecule has 8 rings (SSSR count). The van der Waals surface area contributed by atoms with Crippen molar-refractivity contribution < 1.29 is 57.2 Å². The van der Waals surface area contributed by atoms with Crippen LogP contribution in [0.3, 0.4) is 0 Å². The smallest absolute Gasteiger partial charge is 0.326 e. The summed E-state index contributed by atoms with van der Waals surface area (Å²) in [5.41, 5.74) is -2.32. The molecule has 0 amide bonds. The maximum Gasteiger partial charge on any atom is 0.326 e. The van der Waals surface area contributed by atoms with Crippen LogP contribution in [0.25, 0.3) is 0 Å². The van der Waals surface area contributed by atoms with E-state index in [1.165, 1.54) is 0 Å². The Kier molecular flexibility index (Phi) is 9.08. The van der Waals surface area contributed by atoms with E-state index in [2.05, 4.69) is 0 Å². The molecule has 4 aliphatic carbocycles. The minimum atomic E-state index is -1.53. The summed E-state index contributed by atoms with van der Waals surface area (Å²) in [6.45, 7) is 7.33. The van der Waals surface area contributed by atoms with E-state index in [4.69, 9.17) is 51.6 Å². The number of esters is 4. The van der Waals surface area contributed by atoms with Crippen LogP contribution in [0.5, 0.6) is 0 Å². The van der Waals surface area contributed by atoms with Gasteiger partial charge in [0.25, 0.3) is 0 Å². The predicted molar refractivity (Wildman–Crippen MR) is 182 cm³/mol. The van der Waals surface area contributed by atoms with Crippen molar-refractivity contribution >= 4 is 58.6 Å². The summed E-state index contributed by atoms with van der Waals surface area (Å²) in [7, 11) is 0. The van der Waals surface area contributed by atoms with Gasteiger partial charge in [-0.05, 0) is 75.9 Å². The molecule has 0 radical (unpaired) electrons. The van der Waals surface area contributed by atoms with Crippen molar-refractivity contribution in [2.24, 2.45) is 22.7 Å². The number of hydrogen-bond acceptors (Lipinski definition) is 12. The topological polar surface area (TPSA) is 164 Å². The van der Waals surface area contributed by atoms with Crippen LogP contribution in [0.2, 0.25) is 10.0 Å². The lowest BCUT2D eigenvalue weighted by atomic mass is 9.75. The van der Waals surface area contributed by atoms with Crippen LogP contribution < -0.4 is 0 Å². The van der Waals surface area contributed by atoms with Gasteiger partial charge in [0, 0.05) is 45.8 Å². The average molecular weight is 758 g/mol. The van der Waals surface area contributed by atoms with Crippen LogP contribution in [-0.2, 0) is 58.8 Å². The summed E-state index contributed by atoms with van der Waals surface area (Å²) in [6, 6.07) is 10.1. The van der Waals surface area contributed by atoms with E-state index in [0.717, 1.165) is 0 Å². The molecule has 14 heteroatoms. The highest BCUT2D eigenvalue weighted by atomic mass is 35.5. The van der Waals surface area contributed by atoms with Gasteiger partial charge in [-0.2, -0.15) is 0 Å². The zero-order chi connectivity index (χ0) is 37.4. The molecule has 0 N–H and O–H groups in total. The van der Waals surface area contributed by atoms with Crippen LogP contribution in [-0.4, -0.2) is 74.1 Å². The minimum Gasteiger partial charge on any atom is -0.465 e. The number of hydrogen-bond donors (Lipinski definition) is 0. The zero-order valence-electron chi connectivity index (χ0n) is 29.1. The van der Waals surface area contributed by atoms with Crippen LogP contribution >= 0.6 is 23.2 Å². The lowest BCUT2D eigenvalue weighted by Gasteiger charge is -2.29. The van der Waals surface area contributed by atoms with Crippen molar-refractivity contribution in [3.8, 4) is 0 Å². The summed E-state index contributed by atoms with van der Waals surface area (Å²) in [4.78, 5) is 76.4. The van der Waals surface area contributed by atoms with E-state index in [-0.39, 0.29) is 75.5 Å². The number of Topliss-reactive ketones (excluding diaryl/α,β-unsaturated/α-hetero) is 2. The third kappa shape index (κ3) is 4.93. The Bertz CT molecular complexity index is 1740. The van der Waals surface area contributed by atoms with Crippen LogP contribution in [0.1, 0.15) is 85.2 Å². The molecular weight excluding hydrogens is 719 g/mol. The molecule has 12 nitrogen and oxygen atoms in total. The fraction of sp³-hybridized carbons (Fsp3) is 0.526. The summed E-state index contributed by atoms with van der Waals surface area (Å²) in [6.07, 6.45) is -0.613. The first-order valence-electron chi connectivity index (χ1n) is 17.5. The third-order valence-corrected chi connectivity index (χ3v) is 11.8. The monoisotopic (exact) mass is 756 g/mol. The second kappa shape index (κ2) is 12.9. The lowest BCUT2D eigenvalue weighted by molar-refractivity contribution is -0.176. The van der Waals surface area contributed by atoms with E-state index < -0.39 is 58.1 Å². The van der Waals surface area contributed by atoms with Crippen LogP contribution in [0, 0.1) is 22.7 Å². The van der Waals surface area contributed by atoms with Gasteiger partial charge < -0.3 is 28.4 Å². The summed E-state index contributed by atoms with van der Waals surface area (Å²) in [5, 5.41) is 0.924. The van der Waals surface area contributed by atoms with Gasteiger partial charge in [0.1, 0.15) is 23.4 Å². The number of halogens is 2. The Balaban J connectivity index is 0.000000162. The van der Waals surface area contributed by atoms with Gasteiger partial charge >= 0.3 is 23.9 Å². The van der Waals surface area contributed by atoms with Crippen LogP contribution in [0.15, 0.2) is 36.4 Å². The number of carbonyl (C=O) groups is 6. The summed E-state index contributed by atoms with van der Waals surface area (Å²) >= 11 is 12.1. The number of rotatable bonds is 8. The number of carbonyl (C=O) groups excluding carboxylic acids is 6. The molecule has 0 aromatic heterocycles. The molecule has 2 saturated heterocycles. The van der Waals surface area contributed by atoms with Gasteiger partial charge in [-0.3, -0.25) is 28.8 Å². The van der Waals surface area contributed by atoms with Crippen molar-refractivity contribution in [2.75, 3.05) is 26.4 Å². The van der Waals surface area contributed by atoms with E-state index in [9.17, 15) is 28.8 Å². The summed E-state index contributed by atoms with van der Waals surface area (Å²) in [5.74, 6) is -3.23. The lowest BCUT2D eigenvalue weighted by Crippen LogP contribution is -2.45. The highest BCUT2D eigenvalue weighted by molar-refractivity contribution is 6.31. The standard InChI is InChI=1S/2C19H19ClO6/c2*1-3-24-16(22)18(17(23)25-4-2)9-10-7-14(21)12-8-11(20)5-6-13(12)19(10)15(18)26-19/h2*5-6,8,10,15H,3-4,7,9H2,1-2H3/t2*10-,15+,19+/m11/s1. The first kappa shape index (κ1) is 36.5. The molecule has 2 aromatic carbocycles. The van der Waals surface area contributed by atoms with Gasteiger partial charge in [0.05, 0.1) is 26.4 Å². The van der Waals surface area contributed by atoms with Gasteiger partial charge in [0.2, 0.25) is 0 Å². The number of ether oxygens (including phenoxy) is 6. The van der Waals surface area contributed by atoms with Crippen molar-refractivity contribution in [3.63, 3.8) is 0 Å². The molecule has 2 saturated carbocycles. The summed E-state index contributed by atoms with van der Waals surface area (Å²) < 4.78 is 32.8. The number of fused-ring (bicyclic) bond motifs is 2. The molecular formula is C38H38Cl2O12. The fourth-order valence-electron chi connectivity index (χ4n) is 9.28. The maximum absolute atomic E-state index is 12.8. The Hall–Kier alpha value is -3.84. The van der Waals surface area contributed by atoms with Gasteiger partial charge in [-0.1, -0.05) is 35.3 Å². The van der Waals surface area contributed by atoms with E-state index in [1.807, 2.05) is 0 Å².